The molecule has 0 unspecified atom stereocenters. The van der Waals surface area contributed by atoms with Gasteiger partial charge in [-0.3, -0.25) is 0 Å². The molecule has 0 aromatic heterocycles. The Bertz CT molecular complexity index is 149. The minimum absolute atomic E-state index is 0.306. The summed E-state index contributed by atoms with van der Waals surface area (Å²) in [6.45, 7) is 2.67. The van der Waals surface area contributed by atoms with E-state index >= 15 is 0 Å². The van der Waals surface area contributed by atoms with Crippen LogP contribution in [0.3, 0.4) is 0 Å². The lowest BCUT2D eigenvalue weighted by atomic mass is 9.85. The van der Waals surface area contributed by atoms with Crippen LogP contribution in [0.4, 0.5) is 0 Å². The fraction of sp³-hybridized carbons (Fsp3) is 0.800. The van der Waals surface area contributed by atoms with Crippen LogP contribution in [-0.2, 0) is 4.74 Å². The first kappa shape index (κ1) is 3.45. The SMILES string of the molecule is C1#[N+]CC12COC2. The summed E-state index contributed by atoms with van der Waals surface area (Å²) in [4.78, 5) is 3.86. The first-order valence-electron chi connectivity index (χ1n) is 2.43. The molecule has 2 nitrogen and oxygen atoms in total. The molecule has 2 heteroatoms. The Kier molecular flexibility index (Phi) is 0.406. The molecule has 0 N–H and O–H groups in total. The Morgan fingerprint density at radius 2 is 2.29 bits per heavy atom. The van der Waals surface area contributed by atoms with Gasteiger partial charge in [-0.1, -0.05) is 4.85 Å². The van der Waals surface area contributed by atoms with E-state index in [1.54, 1.807) is 0 Å². The normalized spacial score (nSPS) is 29.7. The Hall–Kier alpha value is -0.550. The lowest BCUT2D eigenvalue weighted by Gasteiger charge is -2.29. The quantitative estimate of drug-likeness (QED) is 0.424. The predicted molar refractivity (Wildman–Crippen MR) is 25.4 cm³/mol. The van der Waals surface area contributed by atoms with E-state index in [1.807, 2.05) is 0 Å². The second kappa shape index (κ2) is 0.823. The standard InChI is InChI=1S/C5H6NO/c1-5(2-6-1)3-7-4-5/h1,3-4H2/q+1. The lowest BCUT2D eigenvalue weighted by molar-refractivity contribution is -0.0726. The van der Waals surface area contributed by atoms with Gasteiger partial charge in [0.2, 0.25) is 5.41 Å². The third-order valence-electron chi connectivity index (χ3n) is 1.45. The number of nitrogens with zero attached hydrogens (tertiary/aromatic N) is 1. The van der Waals surface area contributed by atoms with Crippen molar-refractivity contribution in [3.8, 4) is 6.07 Å². The predicted octanol–water partition coefficient (Wildman–Crippen LogP) is 0.350. The van der Waals surface area contributed by atoms with E-state index in [2.05, 4.69) is 10.9 Å². The molecule has 1 saturated heterocycles. The van der Waals surface area contributed by atoms with E-state index in [-0.39, 0.29) is 0 Å². The van der Waals surface area contributed by atoms with E-state index in [1.165, 1.54) is 0 Å². The molecule has 36 valence electrons. The molecule has 0 atom stereocenters. The van der Waals surface area contributed by atoms with Crippen molar-refractivity contribution in [3.05, 3.63) is 4.85 Å². The molecule has 0 saturated carbocycles. The molecule has 7 heavy (non-hydrogen) atoms. The minimum Gasteiger partial charge on any atom is -0.377 e. The van der Waals surface area contributed by atoms with Gasteiger partial charge in [-0.15, -0.1) is 0 Å². The maximum atomic E-state index is 4.96. The van der Waals surface area contributed by atoms with Gasteiger partial charge in [-0.25, -0.2) is 0 Å². The Morgan fingerprint density at radius 3 is 2.29 bits per heavy atom. The van der Waals surface area contributed by atoms with Gasteiger partial charge < -0.3 is 4.74 Å². The van der Waals surface area contributed by atoms with Gasteiger partial charge in [-0.2, -0.15) is 0 Å². The van der Waals surface area contributed by atoms with Crippen LogP contribution < -0.4 is 0 Å². The molecular weight excluding hydrogens is 90.1 g/mol. The third-order valence-corrected chi connectivity index (χ3v) is 1.45. The minimum atomic E-state index is 0.306. The van der Waals surface area contributed by atoms with Gasteiger partial charge in [0.1, 0.15) is 0 Å². The first-order chi connectivity index (χ1) is 3.41. The van der Waals surface area contributed by atoms with Crippen LogP contribution in [0.15, 0.2) is 0 Å². The summed E-state index contributed by atoms with van der Waals surface area (Å²) < 4.78 is 4.96. The Morgan fingerprint density at radius 1 is 1.57 bits per heavy atom. The molecule has 2 heterocycles. The molecule has 1 spiro atoms. The van der Waals surface area contributed by atoms with E-state index in [9.17, 15) is 0 Å². The zero-order chi connectivity index (χ0) is 4.74. The summed E-state index contributed by atoms with van der Waals surface area (Å²) in [6.07, 6.45) is 0. The van der Waals surface area contributed by atoms with E-state index < -0.39 is 0 Å². The van der Waals surface area contributed by atoms with Crippen molar-refractivity contribution >= 4 is 0 Å². The van der Waals surface area contributed by atoms with Crippen molar-refractivity contribution in [3.63, 3.8) is 0 Å². The van der Waals surface area contributed by atoms with Crippen LogP contribution in [0, 0.1) is 11.5 Å². The highest BCUT2D eigenvalue weighted by atomic mass is 16.5. The fourth-order valence-electron chi connectivity index (χ4n) is 0.807. The largest absolute Gasteiger partial charge is 0.377 e. The summed E-state index contributed by atoms with van der Waals surface area (Å²) >= 11 is 0. The zero-order valence-electron chi connectivity index (χ0n) is 3.98. The van der Waals surface area contributed by atoms with Gasteiger partial charge in [0, 0.05) is 0 Å². The summed E-state index contributed by atoms with van der Waals surface area (Å²) in [5.41, 5.74) is 0.306. The van der Waals surface area contributed by atoms with Gasteiger partial charge in [-0.05, 0) is 0 Å². The molecule has 0 radical (unpaired) electrons. The molecule has 0 bridgehead atoms. The zero-order valence-corrected chi connectivity index (χ0v) is 3.98. The van der Waals surface area contributed by atoms with Crippen molar-refractivity contribution in [1.82, 2.24) is 0 Å². The molecule has 1 fully saturated rings. The average molecular weight is 96.1 g/mol. The van der Waals surface area contributed by atoms with Crippen LogP contribution in [-0.4, -0.2) is 19.8 Å². The topological polar surface area (TPSA) is 13.6 Å². The molecule has 0 aromatic rings. The van der Waals surface area contributed by atoms with Gasteiger partial charge in [0.15, 0.2) is 0 Å². The van der Waals surface area contributed by atoms with Crippen LogP contribution >= 0.6 is 0 Å². The molecule has 0 amide bonds. The molecule has 2 aliphatic rings. The van der Waals surface area contributed by atoms with Crippen LogP contribution in [0.2, 0.25) is 0 Å². The van der Waals surface area contributed by atoms with Crippen LogP contribution in [0.5, 0.6) is 0 Å². The van der Waals surface area contributed by atoms with Crippen molar-refractivity contribution in [2.45, 2.75) is 0 Å². The summed E-state index contributed by atoms with van der Waals surface area (Å²) in [5, 5.41) is 0. The van der Waals surface area contributed by atoms with Crippen LogP contribution in [0.25, 0.3) is 4.85 Å². The summed E-state index contributed by atoms with van der Waals surface area (Å²) in [5.74, 6) is 0. The number of hydrogen-bond acceptors (Lipinski definition) is 1. The molecule has 2 rings (SSSR count). The number of ether oxygens (including phenoxy) is 1. The number of rotatable bonds is 0. The van der Waals surface area contributed by atoms with Crippen molar-refractivity contribution in [1.29, 1.82) is 0 Å². The van der Waals surface area contributed by atoms with E-state index in [0.717, 1.165) is 19.8 Å². The highest BCUT2D eigenvalue weighted by Crippen LogP contribution is 2.31. The van der Waals surface area contributed by atoms with Gasteiger partial charge in [0.25, 0.3) is 12.6 Å². The molecular formula is C5H6NO+. The second-order valence-corrected chi connectivity index (χ2v) is 2.20. The highest BCUT2D eigenvalue weighted by Gasteiger charge is 2.52. The van der Waals surface area contributed by atoms with E-state index in [4.69, 9.17) is 4.74 Å². The second-order valence-electron chi connectivity index (χ2n) is 2.20. The first-order valence-corrected chi connectivity index (χ1v) is 2.43. The Labute approximate surface area is 41.9 Å². The van der Waals surface area contributed by atoms with Crippen LogP contribution in [0.1, 0.15) is 0 Å². The molecule has 0 aromatic carbocycles. The summed E-state index contributed by atoms with van der Waals surface area (Å²) in [7, 11) is 0. The van der Waals surface area contributed by atoms with Crippen molar-refractivity contribution in [2.75, 3.05) is 19.8 Å². The van der Waals surface area contributed by atoms with Gasteiger partial charge >= 0.3 is 0 Å². The van der Waals surface area contributed by atoms with Crippen molar-refractivity contribution < 1.29 is 4.74 Å². The summed E-state index contributed by atoms with van der Waals surface area (Å²) in [6, 6.07) is 2.96. The fourth-order valence-corrected chi connectivity index (χ4v) is 0.807. The maximum absolute atomic E-state index is 4.96. The maximum Gasteiger partial charge on any atom is 0.292 e. The number of hydrogen-bond donors (Lipinski definition) is 0. The van der Waals surface area contributed by atoms with Gasteiger partial charge in [0.05, 0.1) is 13.2 Å². The Balaban J connectivity index is 2.21. The average Bonchev–Trinajstić information content (AvgIpc) is 1.20. The highest BCUT2D eigenvalue weighted by molar-refractivity contribution is 5.21. The monoisotopic (exact) mass is 96.0 g/mol. The lowest BCUT2D eigenvalue weighted by Crippen LogP contribution is -2.46. The van der Waals surface area contributed by atoms with Crippen molar-refractivity contribution in [2.24, 2.45) is 5.41 Å². The van der Waals surface area contributed by atoms with E-state index in [0.29, 0.717) is 5.41 Å². The third kappa shape index (κ3) is 0.272. The molecule has 0 aliphatic carbocycles. The molecule has 2 aliphatic heterocycles. The smallest absolute Gasteiger partial charge is 0.292 e.